The molecule has 1 aromatic heterocycles. The van der Waals surface area contributed by atoms with Crippen molar-refractivity contribution in [3.63, 3.8) is 0 Å². The second-order valence-corrected chi connectivity index (χ2v) is 8.26. The molecule has 164 valence electrons. The molecule has 0 radical (unpaired) electrons. The first-order chi connectivity index (χ1) is 15.5. The quantitative estimate of drug-likeness (QED) is 0.506. The van der Waals surface area contributed by atoms with Crippen LogP contribution in [0.4, 0.5) is 0 Å². The van der Waals surface area contributed by atoms with Gasteiger partial charge in [0.15, 0.2) is 12.4 Å². The Labute approximate surface area is 192 Å². The van der Waals surface area contributed by atoms with Gasteiger partial charge in [0.1, 0.15) is 12.1 Å². The van der Waals surface area contributed by atoms with E-state index in [0.717, 1.165) is 29.7 Å². The van der Waals surface area contributed by atoms with E-state index in [0.29, 0.717) is 29.4 Å². The molecule has 2 heterocycles. The average Bonchev–Trinajstić information content (AvgIpc) is 2.83. The van der Waals surface area contributed by atoms with Crippen molar-refractivity contribution in [3.8, 4) is 16.9 Å². The molecule has 0 saturated carbocycles. The number of likely N-dealkylation sites (tertiary alicyclic amines) is 1. The second kappa shape index (κ2) is 9.92. The molecule has 0 N–H and O–H groups in total. The molecule has 1 aliphatic heterocycles. The van der Waals surface area contributed by atoms with Crippen LogP contribution in [0, 0.1) is 0 Å². The molecular formula is C25H24ClN3O3. The second-order valence-electron chi connectivity index (χ2n) is 7.85. The van der Waals surface area contributed by atoms with Gasteiger partial charge in [0.05, 0.1) is 5.69 Å². The molecule has 2 aromatic carbocycles. The number of amides is 1. The van der Waals surface area contributed by atoms with E-state index >= 15 is 0 Å². The number of halogens is 1. The summed E-state index contributed by atoms with van der Waals surface area (Å²) < 4.78 is 5.66. The Kier molecular flexibility index (Phi) is 6.81. The molecule has 7 heteroatoms. The molecule has 6 nitrogen and oxygen atoms in total. The lowest BCUT2D eigenvalue weighted by atomic mass is 9.90. The lowest BCUT2D eigenvalue weighted by Gasteiger charge is -2.33. The Bertz CT molecular complexity index is 1120. The summed E-state index contributed by atoms with van der Waals surface area (Å²) >= 11 is 6.42. The van der Waals surface area contributed by atoms with Crippen LogP contribution in [0.1, 0.15) is 41.7 Å². The fourth-order valence-electron chi connectivity index (χ4n) is 4.00. The number of ether oxygens (including phenoxy) is 1. The number of nitrogens with zero attached hydrogens (tertiary/aromatic N) is 3. The predicted octanol–water partition coefficient (Wildman–Crippen LogP) is 4.78. The van der Waals surface area contributed by atoms with Crippen molar-refractivity contribution in [1.82, 2.24) is 14.9 Å². The highest BCUT2D eigenvalue weighted by molar-refractivity contribution is 6.33. The first kappa shape index (κ1) is 22.0. The van der Waals surface area contributed by atoms with E-state index in [9.17, 15) is 9.59 Å². The Morgan fingerprint density at radius 2 is 1.91 bits per heavy atom. The Hall–Kier alpha value is -3.25. The molecule has 4 rings (SSSR count). The molecule has 1 saturated heterocycles. The Morgan fingerprint density at radius 3 is 2.66 bits per heavy atom. The summed E-state index contributed by atoms with van der Waals surface area (Å²) in [5, 5.41) is 0.650. The van der Waals surface area contributed by atoms with Crippen LogP contribution >= 0.6 is 11.6 Å². The van der Waals surface area contributed by atoms with Gasteiger partial charge < -0.3 is 9.64 Å². The number of hydrogen-bond donors (Lipinski definition) is 0. The summed E-state index contributed by atoms with van der Waals surface area (Å²) in [7, 11) is 0. The van der Waals surface area contributed by atoms with Crippen LogP contribution in [-0.4, -0.2) is 46.3 Å². The highest BCUT2D eigenvalue weighted by Crippen LogP contribution is 2.35. The van der Waals surface area contributed by atoms with Crippen molar-refractivity contribution >= 4 is 23.3 Å². The molecule has 1 unspecified atom stereocenters. The maximum Gasteiger partial charge on any atom is 0.260 e. The number of carbonyl (C=O) groups is 2. The van der Waals surface area contributed by atoms with Crippen LogP contribution in [0.2, 0.25) is 5.02 Å². The van der Waals surface area contributed by atoms with Crippen LogP contribution in [0.5, 0.6) is 5.75 Å². The van der Waals surface area contributed by atoms with Gasteiger partial charge >= 0.3 is 0 Å². The lowest BCUT2D eigenvalue weighted by molar-refractivity contribution is -0.134. The molecule has 0 aliphatic carbocycles. The third-order valence-electron chi connectivity index (χ3n) is 5.69. The van der Waals surface area contributed by atoms with Gasteiger partial charge in [-0.05, 0) is 50.1 Å². The van der Waals surface area contributed by atoms with Crippen molar-refractivity contribution in [2.45, 2.75) is 25.7 Å². The van der Waals surface area contributed by atoms with Crippen LogP contribution < -0.4 is 4.74 Å². The van der Waals surface area contributed by atoms with Gasteiger partial charge in [-0.2, -0.15) is 0 Å². The lowest BCUT2D eigenvalue weighted by Crippen LogP contribution is -2.41. The molecule has 0 bridgehead atoms. The van der Waals surface area contributed by atoms with Crippen LogP contribution in [0.15, 0.2) is 61.1 Å². The van der Waals surface area contributed by atoms with Gasteiger partial charge in [-0.25, -0.2) is 9.97 Å². The minimum atomic E-state index is -0.0707. The van der Waals surface area contributed by atoms with Gasteiger partial charge in [-0.15, -0.1) is 0 Å². The number of carbonyl (C=O) groups excluding carboxylic acids is 2. The number of benzene rings is 2. The standard InChI is InChI=1S/C25H24ClN3O3/c1-17(30)18-8-10-20(11-9-18)32-15-24(31)29-12-4-5-19(14-29)25-22(13-27-16-28-25)21-6-2-3-7-23(21)26/h2-3,6-11,13,16,19H,4-5,12,14-15H2,1H3. The number of rotatable bonds is 6. The smallest absolute Gasteiger partial charge is 0.260 e. The summed E-state index contributed by atoms with van der Waals surface area (Å²) in [5.74, 6) is 0.581. The van der Waals surface area contributed by atoms with Crippen LogP contribution in [0.3, 0.4) is 0 Å². The molecule has 1 aliphatic rings. The summed E-state index contributed by atoms with van der Waals surface area (Å²) in [5.41, 5.74) is 3.32. The molecule has 1 fully saturated rings. The summed E-state index contributed by atoms with van der Waals surface area (Å²) in [6, 6.07) is 14.5. The highest BCUT2D eigenvalue weighted by Gasteiger charge is 2.28. The van der Waals surface area contributed by atoms with E-state index in [1.807, 2.05) is 29.2 Å². The molecule has 1 atom stereocenters. The minimum Gasteiger partial charge on any atom is -0.484 e. The topological polar surface area (TPSA) is 72.4 Å². The van der Waals surface area contributed by atoms with Gasteiger partial charge in [0.25, 0.3) is 5.91 Å². The third kappa shape index (κ3) is 4.97. The number of ketones is 1. The van der Waals surface area contributed by atoms with E-state index in [1.54, 1.807) is 36.8 Å². The van der Waals surface area contributed by atoms with E-state index in [1.165, 1.54) is 6.92 Å². The van der Waals surface area contributed by atoms with Crippen molar-refractivity contribution in [1.29, 1.82) is 0 Å². The van der Waals surface area contributed by atoms with Crippen LogP contribution in [0.25, 0.3) is 11.1 Å². The zero-order chi connectivity index (χ0) is 22.5. The molecule has 3 aromatic rings. The predicted molar refractivity (Wildman–Crippen MR) is 123 cm³/mol. The number of piperidine rings is 1. The highest BCUT2D eigenvalue weighted by atomic mass is 35.5. The minimum absolute atomic E-state index is 0.00661. The number of aromatic nitrogens is 2. The summed E-state index contributed by atoms with van der Waals surface area (Å²) in [4.78, 5) is 34.8. The SMILES string of the molecule is CC(=O)c1ccc(OCC(=O)N2CCCC(c3ncncc3-c3ccccc3Cl)C2)cc1. The Balaban J connectivity index is 1.44. The summed E-state index contributed by atoms with van der Waals surface area (Å²) in [6.07, 6.45) is 5.16. The van der Waals surface area contributed by atoms with Crippen molar-refractivity contribution in [2.24, 2.45) is 0 Å². The van der Waals surface area contributed by atoms with E-state index in [4.69, 9.17) is 16.3 Å². The number of hydrogen-bond acceptors (Lipinski definition) is 5. The molecule has 32 heavy (non-hydrogen) atoms. The number of Topliss-reactive ketones (excluding diaryl/α,β-unsaturated/α-hetero) is 1. The molecule has 1 amide bonds. The van der Waals surface area contributed by atoms with Crippen molar-refractivity contribution in [2.75, 3.05) is 19.7 Å². The van der Waals surface area contributed by atoms with Gasteiger partial charge in [-0.3, -0.25) is 9.59 Å². The van der Waals surface area contributed by atoms with E-state index in [2.05, 4.69) is 9.97 Å². The monoisotopic (exact) mass is 449 g/mol. The van der Waals surface area contributed by atoms with Crippen molar-refractivity contribution in [3.05, 3.63) is 77.3 Å². The summed E-state index contributed by atoms with van der Waals surface area (Å²) in [6.45, 7) is 2.72. The van der Waals surface area contributed by atoms with Gasteiger partial charge in [-0.1, -0.05) is 29.8 Å². The Morgan fingerprint density at radius 1 is 1.12 bits per heavy atom. The maximum atomic E-state index is 12.8. The molecular weight excluding hydrogens is 426 g/mol. The normalized spacial score (nSPS) is 15.9. The first-order valence-corrected chi connectivity index (χ1v) is 11.0. The van der Waals surface area contributed by atoms with Crippen LogP contribution in [-0.2, 0) is 4.79 Å². The fourth-order valence-corrected chi connectivity index (χ4v) is 4.24. The van der Waals surface area contributed by atoms with Gasteiger partial charge in [0, 0.05) is 46.9 Å². The average molecular weight is 450 g/mol. The first-order valence-electron chi connectivity index (χ1n) is 10.6. The van der Waals surface area contributed by atoms with E-state index in [-0.39, 0.29) is 24.2 Å². The largest absolute Gasteiger partial charge is 0.484 e. The fraction of sp³-hybridized carbons (Fsp3) is 0.280. The van der Waals surface area contributed by atoms with Crippen molar-refractivity contribution < 1.29 is 14.3 Å². The van der Waals surface area contributed by atoms with E-state index < -0.39 is 0 Å². The maximum absolute atomic E-state index is 12.8. The third-order valence-corrected chi connectivity index (χ3v) is 6.02. The van der Waals surface area contributed by atoms with Gasteiger partial charge in [0.2, 0.25) is 0 Å². The zero-order valence-electron chi connectivity index (χ0n) is 17.8. The zero-order valence-corrected chi connectivity index (χ0v) is 18.6. The molecule has 0 spiro atoms.